The van der Waals surface area contributed by atoms with Crippen molar-refractivity contribution in [2.45, 2.75) is 19.1 Å². The van der Waals surface area contributed by atoms with Crippen LogP contribution in [0.1, 0.15) is 28.7 Å². The second-order valence-electron chi connectivity index (χ2n) is 5.81. The number of rotatable bonds is 1. The van der Waals surface area contributed by atoms with Crippen molar-refractivity contribution in [1.29, 1.82) is 0 Å². The number of carbonyl (C=O) groups excluding carboxylic acids is 1. The first-order chi connectivity index (χ1) is 11.3. The van der Waals surface area contributed by atoms with Gasteiger partial charge in [0, 0.05) is 7.05 Å². The SMILES string of the molecule is C=CC(C)(O)C#Cc1ncn2c1CN(C)C(=O)c1c(Cl)cccc1-2. The van der Waals surface area contributed by atoms with Crippen LogP contribution >= 0.6 is 11.6 Å². The number of imidazole rings is 1. The Balaban J connectivity index is 2.19. The van der Waals surface area contributed by atoms with E-state index in [0.29, 0.717) is 28.5 Å². The zero-order valence-electron chi connectivity index (χ0n) is 13.4. The maximum Gasteiger partial charge on any atom is 0.257 e. The van der Waals surface area contributed by atoms with Gasteiger partial charge in [-0.2, -0.15) is 0 Å². The molecule has 0 aliphatic carbocycles. The van der Waals surface area contributed by atoms with Crippen LogP contribution in [0.2, 0.25) is 5.02 Å². The summed E-state index contributed by atoms with van der Waals surface area (Å²) in [5.74, 6) is 5.45. The second-order valence-corrected chi connectivity index (χ2v) is 6.21. The standard InChI is InChI=1S/C18H16ClN3O2/c1-4-18(2,24)9-8-13-15-10-21(3)17(23)16-12(19)6-5-7-14(16)22(15)11-20-13/h4-7,11,24H,1,10H2,2-3H3. The molecule has 2 heterocycles. The van der Waals surface area contributed by atoms with Gasteiger partial charge in [0.2, 0.25) is 0 Å². The smallest absolute Gasteiger partial charge is 0.257 e. The molecule has 0 radical (unpaired) electrons. The number of benzene rings is 1. The molecule has 0 spiro atoms. The Kier molecular flexibility index (Phi) is 3.96. The third kappa shape index (κ3) is 2.71. The lowest BCUT2D eigenvalue weighted by molar-refractivity contribution is 0.0788. The van der Waals surface area contributed by atoms with E-state index in [0.717, 1.165) is 5.69 Å². The number of nitrogens with zero attached hydrogens (tertiary/aromatic N) is 3. The molecule has 1 aromatic carbocycles. The quantitative estimate of drug-likeness (QED) is 0.640. The van der Waals surface area contributed by atoms with Crippen LogP contribution in [0.3, 0.4) is 0 Å². The first kappa shape index (κ1) is 16.3. The lowest BCUT2D eigenvalue weighted by atomic mass is 10.1. The summed E-state index contributed by atoms with van der Waals surface area (Å²) in [5.41, 5.74) is 1.08. The molecular formula is C18H16ClN3O2. The van der Waals surface area contributed by atoms with E-state index in [1.807, 2.05) is 10.6 Å². The molecule has 0 saturated carbocycles. The number of amides is 1. The Morgan fingerprint density at radius 3 is 2.96 bits per heavy atom. The van der Waals surface area contributed by atoms with Crippen molar-refractivity contribution >= 4 is 17.5 Å². The average molecular weight is 342 g/mol. The van der Waals surface area contributed by atoms with Crippen molar-refractivity contribution in [3.05, 3.63) is 59.2 Å². The summed E-state index contributed by atoms with van der Waals surface area (Å²) in [6.07, 6.45) is 2.98. The van der Waals surface area contributed by atoms with Gasteiger partial charge in [-0.1, -0.05) is 30.2 Å². The molecule has 1 aliphatic heterocycles. The molecule has 2 aromatic rings. The van der Waals surface area contributed by atoms with Crippen LogP contribution in [-0.4, -0.2) is 38.1 Å². The molecule has 1 aliphatic rings. The van der Waals surface area contributed by atoms with Crippen LogP contribution < -0.4 is 0 Å². The van der Waals surface area contributed by atoms with Gasteiger partial charge in [0.1, 0.15) is 17.6 Å². The van der Waals surface area contributed by atoms with Crippen molar-refractivity contribution in [2.24, 2.45) is 0 Å². The van der Waals surface area contributed by atoms with Crippen molar-refractivity contribution in [3.63, 3.8) is 0 Å². The zero-order valence-corrected chi connectivity index (χ0v) is 14.1. The monoisotopic (exact) mass is 341 g/mol. The van der Waals surface area contributed by atoms with Crippen LogP contribution in [-0.2, 0) is 6.54 Å². The van der Waals surface area contributed by atoms with Crippen LogP contribution in [0, 0.1) is 11.8 Å². The van der Waals surface area contributed by atoms with Crippen molar-refractivity contribution in [2.75, 3.05) is 7.05 Å². The summed E-state index contributed by atoms with van der Waals surface area (Å²) in [5, 5.41) is 10.4. The summed E-state index contributed by atoms with van der Waals surface area (Å²) in [6, 6.07) is 5.30. The molecule has 6 heteroatoms. The van der Waals surface area contributed by atoms with E-state index in [2.05, 4.69) is 23.4 Å². The fourth-order valence-electron chi connectivity index (χ4n) is 2.49. The molecular weight excluding hydrogens is 326 g/mol. The largest absolute Gasteiger partial charge is 0.374 e. The maximum absolute atomic E-state index is 12.6. The summed E-state index contributed by atoms with van der Waals surface area (Å²) in [7, 11) is 1.70. The summed E-state index contributed by atoms with van der Waals surface area (Å²) in [4.78, 5) is 18.5. The Morgan fingerprint density at radius 1 is 1.50 bits per heavy atom. The van der Waals surface area contributed by atoms with Gasteiger partial charge in [0.05, 0.1) is 28.5 Å². The van der Waals surface area contributed by atoms with Gasteiger partial charge < -0.3 is 10.0 Å². The lowest BCUT2D eigenvalue weighted by Gasteiger charge is -2.14. The summed E-state index contributed by atoms with van der Waals surface area (Å²) < 4.78 is 1.81. The lowest BCUT2D eigenvalue weighted by Crippen LogP contribution is -2.25. The van der Waals surface area contributed by atoms with Crippen LogP contribution in [0.15, 0.2) is 37.2 Å². The van der Waals surface area contributed by atoms with E-state index in [9.17, 15) is 9.90 Å². The Labute approximate surface area is 145 Å². The van der Waals surface area contributed by atoms with E-state index in [4.69, 9.17) is 11.6 Å². The minimum absolute atomic E-state index is 0.156. The maximum atomic E-state index is 12.6. The van der Waals surface area contributed by atoms with Gasteiger partial charge in [-0.3, -0.25) is 9.36 Å². The molecule has 1 aromatic heterocycles. The molecule has 1 amide bonds. The van der Waals surface area contributed by atoms with E-state index >= 15 is 0 Å². The van der Waals surface area contributed by atoms with Gasteiger partial charge in [0.25, 0.3) is 5.91 Å². The van der Waals surface area contributed by atoms with Gasteiger partial charge in [0.15, 0.2) is 0 Å². The van der Waals surface area contributed by atoms with Gasteiger partial charge in [-0.25, -0.2) is 4.98 Å². The third-order valence-corrected chi connectivity index (χ3v) is 4.21. The van der Waals surface area contributed by atoms with Crippen molar-refractivity contribution in [1.82, 2.24) is 14.5 Å². The Morgan fingerprint density at radius 2 is 2.25 bits per heavy atom. The minimum atomic E-state index is -1.30. The van der Waals surface area contributed by atoms with Gasteiger partial charge in [-0.05, 0) is 31.1 Å². The number of hydrogen-bond donors (Lipinski definition) is 1. The zero-order chi connectivity index (χ0) is 17.5. The van der Waals surface area contributed by atoms with Crippen molar-refractivity contribution < 1.29 is 9.90 Å². The minimum Gasteiger partial charge on any atom is -0.374 e. The first-order valence-electron chi connectivity index (χ1n) is 7.34. The fourth-order valence-corrected chi connectivity index (χ4v) is 2.74. The second kappa shape index (κ2) is 5.82. The van der Waals surface area contributed by atoms with E-state index in [1.54, 1.807) is 37.3 Å². The molecule has 24 heavy (non-hydrogen) atoms. The van der Waals surface area contributed by atoms with E-state index in [-0.39, 0.29) is 5.91 Å². The summed E-state index contributed by atoms with van der Waals surface area (Å²) >= 11 is 6.23. The fraction of sp³-hybridized carbons (Fsp3) is 0.222. The Hall–Kier alpha value is -2.55. The molecule has 3 rings (SSSR count). The number of carbonyl (C=O) groups is 1. The molecule has 1 unspecified atom stereocenters. The van der Waals surface area contributed by atoms with Crippen LogP contribution in [0.4, 0.5) is 0 Å². The molecule has 0 fully saturated rings. The highest BCUT2D eigenvalue weighted by Gasteiger charge is 2.27. The highest BCUT2D eigenvalue weighted by Crippen LogP contribution is 2.30. The van der Waals surface area contributed by atoms with Gasteiger partial charge in [-0.15, -0.1) is 0 Å². The van der Waals surface area contributed by atoms with Crippen molar-refractivity contribution in [3.8, 4) is 17.5 Å². The molecule has 0 bridgehead atoms. The predicted octanol–water partition coefficient (Wildman–Crippen LogP) is 2.40. The number of aliphatic hydroxyl groups is 1. The first-order valence-corrected chi connectivity index (χ1v) is 7.71. The van der Waals surface area contributed by atoms with Gasteiger partial charge >= 0.3 is 0 Å². The van der Waals surface area contributed by atoms with E-state index in [1.165, 1.54) is 6.08 Å². The normalized spacial score (nSPS) is 15.5. The molecule has 1 atom stereocenters. The topological polar surface area (TPSA) is 58.4 Å². The Bertz CT molecular complexity index is 903. The molecule has 1 N–H and O–H groups in total. The van der Waals surface area contributed by atoms with E-state index < -0.39 is 5.60 Å². The number of halogens is 1. The number of fused-ring (bicyclic) bond motifs is 3. The third-order valence-electron chi connectivity index (χ3n) is 3.90. The highest BCUT2D eigenvalue weighted by molar-refractivity contribution is 6.34. The highest BCUT2D eigenvalue weighted by atomic mass is 35.5. The average Bonchev–Trinajstić information content (AvgIpc) is 2.90. The predicted molar refractivity (Wildman–Crippen MR) is 92.1 cm³/mol. The summed E-state index contributed by atoms with van der Waals surface area (Å²) in [6.45, 7) is 5.44. The molecule has 5 nitrogen and oxygen atoms in total. The van der Waals surface area contributed by atoms with Crippen LogP contribution in [0.5, 0.6) is 0 Å². The molecule has 0 saturated heterocycles. The molecule has 122 valence electrons. The van der Waals surface area contributed by atoms with Crippen LogP contribution in [0.25, 0.3) is 5.69 Å². The number of aromatic nitrogens is 2. The number of hydrogen-bond acceptors (Lipinski definition) is 3.